The van der Waals surface area contributed by atoms with Crippen molar-refractivity contribution in [3.8, 4) is 0 Å². The number of ether oxygens (including phenoxy) is 1. The van der Waals surface area contributed by atoms with Crippen molar-refractivity contribution in [3.63, 3.8) is 0 Å². The van der Waals surface area contributed by atoms with Crippen LogP contribution < -0.4 is 10.6 Å². The quantitative estimate of drug-likeness (QED) is 0.148. The third-order valence-electron chi connectivity index (χ3n) is 3.42. The zero-order valence-electron chi connectivity index (χ0n) is 15.9. The summed E-state index contributed by atoms with van der Waals surface area (Å²) in [5.41, 5.74) is 0. The third-order valence-corrected chi connectivity index (χ3v) is 4.65. The molecule has 0 aliphatic rings. The number of nitrogens with one attached hydrogen (secondary N) is 2. The maximum atomic E-state index is 11.2. The van der Waals surface area contributed by atoms with E-state index in [9.17, 15) is 4.79 Å². The molecule has 0 spiro atoms. The lowest BCUT2D eigenvalue weighted by atomic mass is 10.1. The first kappa shape index (κ1) is 26.1. The zero-order valence-corrected chi connectivity index (χ0v) is 19.1. The van der Waals surface area contributed by atoms with Gasteiger partial charge in [-0.2, -0.15) is 11.8 Å². The monoisotopic (exact) mass is 473 g/mol. The summed E-state index contributed by atoms with van der Waals surface area (Å²) in [5, 5.41) is 6.65. The van der Waals surface area contributed by atoms with E-state index in [1.165, 1.54) is 0 Å². The maximum Gasteiger partial charge on any atom is 0.305 e. The summed E-state index contributed by atoms with van der Waals surface area (Å²) in [4.78, 5) is 15.9. The van der Waals surface area contributed by atoms with Gasteiger partial charge in [-0.3, -0.25) is 9.79 Å². The van der Waals surface area contributed by atoms with Crippen LogP contribution in [0.1, 0.15) is 59.8 Å². The number of hydrogen-bond acceptors (Lipinski definition) is 4. The average Bonchev–Trinajstić information content (AvgIpc) is 2.52. The molecule has 0 aromatic carbocycles. The first-order valence-electron chi connectivity index (χ1n) is 8.68. The van der Waals surface area contributed by atoms with Gasteiger partial charge in [0.2, 0.25) is 0 Å². The molecule has 0 heterocycles. The molecule has 0 aliphatic heterocycles. The predicted molar refractivity (Wildman–Crippen MR) is 117 cm³/mol. The Morgan fingerprint density at radius 3 is 2.38 bits per heavy atom. The molecule has 0 saturated heterocycles. The van der Waals surface area contributed by atoms with Crippen molar-refractivity contribution in [1.29, 1.82) is 0 Å². The smallest absolute Gasteiger partial charge is 0.305 e. The highest BCUT2D eigenvalue weighted by molar-refractivity contribution is 14.0. The van der Waals surface area contributed by atoms with Crippen molar-refractivity contribution >= 4 is 47.7 Å². The molecular formula is C17H36IN3O2S. The van der Waals surface area contributed by atoms with Crippen molar-refractivity contribution in [1.82, 2.24) is 10.6 Å². The molecule has 0 atom stereocenters. The van der Waals surface area contributed by atoms with Crippen LogP contribution in [0.2, 0.25) is 0 Å². The van der Waals surface area contributed by atoms with E-state index in [-0.39, 0.29) is 34.7 Å². The topological polar surface area (TPSA) is 62.7 Å². The Balaban J connectivity index is 0. The van der Waals surface area contributed by atoms with Crippen molar-refractivity contribution in [3.05, 3.63) is 0 Å². The normalized spacial score (nSPS) is 11.6. The summed E-state index contributed by atoms with van der Waals surface area (Å²) in [6, 6.07) is 0. The maximum absolute atomic E-state index is 11.2. The van der Waals surface area contributed by atoms with Crippen molar-refractivity contribution < 1.29 is 9.53 Å². The Morgan fingerprint density at radius 1 is 1.12 bits per heavy atom. The number of carbonyl (C=O) groups excluding carboxylic acids is 1. The molecule has 0 fully saturated rings. The number of esters is 1. The number of aliphatic imine (C=N–C) groups is 1. The van der Waals surface area contributed by atoms with E-state index < -0.39 is 0 Å². The van der Waals surface area contributed by atoms with Gasteiger partial charge in [-0.25, -0.2) is 0 Å². The number of hydrogen-bond donors (Lipinski definition) is 2. The van der Waals surface area contributed by atoms with Gasteiger partial charge in [0.05, 0.1) is 13.2 Å². The van der Waals surface area contributed by atoms with Gasteiger partial charge >= 0.3 is 5.97 Å². The van der Waals surface area contributed by atoms with Crippen LogP contribution in [-0.4, -0.2) is 49.2 Å². The molecule has 2 N–H and O–H groups in total. The Kier molecular flexibility index (Phi) is 17.7. The Hall–Kier alpha value is -0.180. The minimum atomic E-state index is -0.0800. The summed E-state index contributed by atoms with van der Waals surface area (Å²) in [5.74, 6) is 0.810. The SMILES string of the molecule is CCNC(=NCC(C)(C)SC)NCCCCCCC(=O)OCC.I. The van der Waals surface area contributed by atoms with E-state index in [1.54, 1.807) is 0 Å². The number of rotatable bonds is 12. The van der Waals surface area contributed by atoms with E-state index in [1.807, 2.05) is 18.7 Å². The van der Waals surface area contributed by atoms with Crippen LogP contribution in [0.3, 0.4) is 0 Å². The number of carbonyl (C=O) groups is 1. The minimum Gasteiger partial charge on any atom is -0.466 e. The zero-order chi connectivity index (χ0) is 17.6. The second-order valence-electron chi connectivity index (χ2n) is 6.05. The van der Waals surface area contributed by atoms with Crippen LogP contribution in [0.15, 0.2) is 4.99 Å². The second kappa shape index (κ2) is 16.3. The molecule has 0 aliphatic carbocycles. The highest BCUT2D eigenvalue weighted by atomic mass is 127. The molecule has 5 nitrogen and oxygen atoms in total. The Labute approximate surface area is 169 Å². The molecule has 0 saturated carbocycles. The molecule has 0 unspecified atom stereocenters. The molecule has 144 valence electrons. The molecule has 24 heavy (non-hydrogen) atoms. The number of halogens is 1. The molecular weight excluding hydrogens is 437 g/mol. The predicted octanol–water partition coefficient (Wildman–Crippen LogP) is 3.81. The van der Waals surface area contributed by atoms with E-state index in [0.29, 0.717) is 13.0 Å². The van der Waals surface area contributed by atoms with Gasteiger partial charge in [-0.15, -0.1) is 24.0 Å². The van der Waals surface area contributed by atoms with Crippen molar-refractivity contribution in [2.24, 2.45) is 4.99 Å². The van der Waals surface area contributed by atoms with E-state index in [4.69, 9.17) is 4.74 Å². The van der Waals surface area contributed by atoms with E-state index in [0.717, 1.165) is 51.3 Å². The van der Waals surface area contributed by atoms with Crippen LogP contribution in [0, 0.1) is 0 Å². The molecule has 0 amide bonds. The number of nitrogens with zero attached hydrogens (tertiary/aromatic N) is 1. The van der Waals surface area contributed by atoms with E-state index >= 15 is 0 Å². The van der Waals surface area contributed by atoms with Gasteiger partial charge in [-0.1, -0.05) is 12.8 Å². The lowest BCUT2D eigenvalue weighted by Gasteiger charge is -2.20. The summed E-state index contributed by atoms with van der Waals surface area (Å²) >= 11 is 1.83. The summed E-state index contributed by atoms with van der Waals surface area (Å²) < 4.78 is 5.08. The van der Waals surface area contributed by atoms with Crippen LogP contribution in [0.25, 0.3) is 0 Å². The van der Waals surface area contributed by atoms with Crippen LogP contribution in [-0.2, 0) is 9.53 Å². The molecule has 7 heteroatoms. The molecule has 0 bridgehead atoms. The summed E-state index contributed by atoms with van der Waals surface area (Å²) in [6.45, 7) is 11.4. The van der Waals surface area contributed by atoms with Gasteiger partial charge < -0.3 is 15.4 Å². The fraction of sp³-hybridized carbons (Fsp3) is 0.882. The van der Waals surface area contributed by atoms with Crippen molar-refractivity contribution in [2.45, 2.75) is 64.5 Å². The van der Waals surface area contributed by atoms with Crippen LogP contribution >= 0.6 is 35.7 Å². The van der Waals surface area contributed by atoms with E-state index in [2.05, 4.69) is 42.7 Å². The Bertz CT molecular complexity index is 353. The molecule has 0 radical (unpaired) electrons. The number of thioether (sulfide) groups is 1. The highest BCUT2D eigenvalue weighted by Gasteiger charge is 2.15. The lowest BCUT2D eigenvalue weighted by Crippen LogP contribution is -2.38. The van der Waals surface area contributed by atoms with Gasteiger partial charge in [0.25, 0.3) is 0 Å². The third kappa shape index (κ3) is 15.4. The average molecular weight is 473 g/mol. The van der Waals surface area contributed by atoms with Gasteiger partial charge in [0.15, 0.2) is 5.96 Å². The number of unbranched alkanes of at least 4 members (excludes halogenated alkanes) is 3. The number of guanidine groups is 1. The van der Waals surface area contributed by atoms with Crippen LogP contribution in [0.5, 0.6) is 0 Å². The largest absolute Gasteiger partial charge is 0.466 e. The van der Waals surface area contributed by atoms with Gasteiger partial charge in [0.1, 0.15) is 0 Å². The molecule has 0 aromatic rings. The van der Waals surface area contributed by atoms with Crippen LogP contribution in [0.4, 0.5) is 0 Å². The molecule has 0 aromatic heterocycles. The molecule has 0 rings (SSSR count). The fourth-order valence-electron chi connectivity index (χ4n) is 1.86. The van der Waals surface area contributed by atoms with Gasteiger partial charge in [0, 0.05) is 24.3 Å². The first-order chi connectivity index (χ1) is 10.9. The Morgan fingerprint density at radius 2 is 1.79 bits per heavy atom. The van der Waals surface area contributed by atoms with Gasteiger partial charge in [-0.05, 0) is 46.8 Å². The fourth-order valence-corrected chi connectivity index (χ4v) is 2.06. The highest BCUT2D eigenvalue weighted by Crippen LogP contribution is 2.20. The summed E-state index contributed by atoms with van der Waals surface area (Å²) in [7, 11) is 0. The first-order valence-corrected chi connectivity index (χ1v) is 9.90. The lowest BCUT2D eigenvalue weighted by molar-refractivity contribution is -0.143. The van der Waals surface area contributed by atoms with Crippen molar-refractivity contribution in [2.75, 3.05) is 32.5 Å². The minimum absolute atomic E-state index is 0. The second-order valence-corrected chi connectivity index (χ2v) is 7.57. The standard InChI is InChI=1S/C17H35N3O2S.HI/c1-6-18-16(20-14-17(3,4)23-5)19-13-11-9-8-10-12-15(21)22-7-2;/h6-14H2,1-5H3,(H2,18,19,20);1H. The summed E-state index contributed by atoms with van der Waals surface area (Å²) in [6.07, 6.45) is 6.82.